The molecule has 2 rings (SSSR count). The molecule has 1 amide bonds. The average molecular weight is 343 g/mol. The van der Waals surface area contributed by atoms with Crippen LogP contribution in [0.3, 0.4) is 0 Å². The van der Waals surface area contributed by atoms with Gasteiger partial charge in [-0.15, -0.1) is 0 Å². The first kappa shape index (κ1) is 18.3. The fourth-order valence-corrected chi connectivity index (χ4v) is 2.52. The topological polar surface area (TPSA) is 84.9 Å². The largest absolute Gasteiger partial charge is 0.493 e. The minimum Gasteiger partial charge on any atom is -0.493 e. The molecule has 2 aromatic rings. The van der Waals surface area contributed by atoms with Crippen molar-refractivity contribution in [1.29, 1.82) is 0 Å². The quantitative estimate of drug-likeness (QED) is 0.769. The Labute approximate surface area is 146 Å². The highest BCUT2D eigenvalue weighted by Crippen LogP contribution is 2.31. The molecule has 25 heavy (non-hydrogen) atoms. The molecule has 0 aliphatic carbocycles. The summed E-state index contributed by atoms with van der Waals surface area (Å²) in [4.78, 5) is 23.5. The number of aliphatic carboxylic acids is 1. The zero-order valence-electron chi connectivity index (χ0n) is 14.2. The Hall–Kier alpha value is -3.02. The molecule has 0 bridgehead atoms. The molecule has 6 heteroatoms. The fourth-order valence-electron chi connectivity index (χ4n) is 2.52. The standard InChI is InChI=1S/C19H21NO5/c1-24-16-9-8-14(11-17(16)25-2)15(12-19(22)23)20-18(21)10-13-6-4-3-5-7-13/h3-9,11,15H,10,12H2,1-2H3,(H,20,21)(H,22,23)/t15-/m0/s1. The van der Waals surface area contributed by atoms with Gasteiger partial charge in [0.25, 0.3) is 0 Å². The molecule has 0 aliphatic rings. The van der Waals surface area contributed by atoms with Crippen LogP contribution in [0.25, 0.3) is 0 Å². The molecule has 1 atom stereocenters. The number of hydrogen-bond acceptors (Lipinski definition) is 4. The molecule has 132 valence electrons. The van der Waals surface area contributed by atoms with Crippen LogP contribution >= 0.6 is 0 Å². The molecule has 0 spiro atoms. The Morgan fingerprint density at radius 3 is 2.32 bits per heavy atom. The molecule has 6 nitrogen and oxygen atoms in total. The summed E-state index contributed by atoms with van der Waals surface area (Å²) in [5, 5.41) is 12.0. The van der Waals surface area contributed by atoms with Gasteiger partial charge < -0.3 is 19.9 Å². The molecule has 0 fully saturated rings. The first-order valence-electron chi connectivity index (χ1n) is 7.80. The lowest BCUT2D eigenvalue weighted by Gasteiger charge is -2.19. The maximum absolute atomic E-state index is 12.3. The van der Waals surface area contributed by atoms with Crippen molar-refractivity contribution in [2.75, 3.05) is 14.2 Å². The zero-order valence-corrected chi connectivity index (χ0v) is 14.2. The maximum atomic E-state index is 12.3. The number of carboxylic acid groups (broad SMARTS) is 1. The van der Waals surface area contributed by atoms with E-state index in [1.807, 2.05) is 30.3 Å². The number of methoxy groups -OCH3 is 2. The summed E-state index contributed by atoms with van der Waals surface area (Å²) < 4.78 is 10.4. The van der Waals surface area contributed by atoms with Crippen molar-refractivity contribution >= 4 is 11.9 Å². The van der Waals surface area contributed by atoms with E-state index in [0.717, 1.165) is 5.56 Å². The molecular formula is C19H21NO5. The Morgan fingerprint density at radius 2 is 1.72 bits per heavy atom. The number of benzene rings is 2. The van der Waals surface area contributed by atoms with E-state index in [-0.39, 0.29) is 18.7 Å². The Kier molecular flexibility index (Phi) is 6.39. The van der Waals surface area contributed by atoms with E-state index in [1.54, 1.807) is 18.2 Å². The van der Waals surface area contributed by atoms with Gasteiger partial charge in [-0.1, -0.05) is 36.4 Å². The molecule has 2 aromatic carbocycles. The highest BCUT2D eigenvalue weighted by molar-refractivity contribution is 5.80. The number of rotatable bonds is 8. The smallest absolute Gasteiger partial charge is 0.305 e. The molecule has 0 heterocycles. The Bertz CT molecular complexity index is 730. The number of ether oxygens (including phenoxy) is 2. The van der Waals surface area contributed by atoms with Crippen molar-refractivity contribution in [3.63, 3.8) is 0 Å². The van der Waals surface area contributed by atoms with Gasteiger partial charge in [0, 0.05) is 0 Å². The third-order valence-corrected chi connectivity index (χ3v) is 3.73. The Morgan fingerprint density at radius 1 is 1.04 bits per heavy atom. The minimum absolute atomic E-state index is 0.185. The van der Waals surface area contributed by atoms with Gasteiger partial charge in [-0.25, -0.2) is 0 Å². The number of carbonyl (C=O) groups excluding carboxylic acids is 1. The van der Waals surface area contributed by atoms with Crippen LogP contribution < -0.4 is 14.8 Å². The second-order valence-electron chi connectivity index (χ2n) is 5.49. The van der Waals surface area contributed by atoms with Gasteiger partial charge in [0.2, 0.25) is 5.91 Å². The van der Waals surface area contributed by atoms with E-state index in [1.165, 1.54) is 14.2 Å². The van der Waals surface area contributed by atoms with E-state index in [4.69, 9.17) is 14.6 Å². The van der Waals surface area contributed by atoms with Crippen LogP contribution in [0.5, 0.6) is 11.5 Å². The SMILES string of the molecule is COc1ccc([C@H](CC(=O)O)NC(=O)Cc2ccccc2)cc1OC. The van der Waals surface area contributed by atoms with E-state index >= 15 is 0 Å². The van der Waals surface area contributed by atoms with Crippen molar-refractivity contribution in [3.8, 4) is 11.5 Å². The summed E-state index contributed by atoms with van der Waals surface area (Å²) in [5.41, 5.74) is 1.50. The lowest BCUT2D eigenvalue weighted by atomic mass is 10.0. The molecule has 0 aliphatic heterocycles. The molecule has 2 N–H and O–H groups in total. The van der Waals surface area contributed by atoms with Crippen LogP contribution in [0.15, 0.2) is 48.5 Å². The van der Waals surface area contributed by atoms with E-state index < -0.39 is 12.0 Å². The van der Waals surface area contributed by atoms with Crippen LogP contribution in [0.2, 0.25) is 0 Å². The van der Waals surface area contributed by atoms with Crippen molar-refractivity contribution in [2.24, 2.45) is 0 Å². The molecule has 0 saturated carbocycles. The predicted octanol–water partition coefficient (Wildman–Crippen LogP) is 2.58. The Balaban J connectivity index is 2.18. The van der Waals surface area contributed by atoms with Crippen LogP contribution in [0.1, 0.15) is 23.6 Å². The third kappa shape index (κ3) is 5.24. The van der Waals surface area contributed by atoms with E-state index in [9.17, 15) is 9.59 Å². The highest BCUT2D eigenvalue weighted by atomic mass is 16.5. The maximum Gasteiger partial charge on any atom is 0.305 e. The lowest BCUT2D eigenvalue weighted by molar-refractivity contribution is -0.137. The molecular weight excluding hydrogens is 322 g/mol. The van der Waals surface area contributed by atoms with E-state index in [2.05, 4.69) is 5.32 Å². The predicted molar refractivity (Wildman–Crippen MR) is 92.8 cm³/mol. The van der Waals surface area contributed by atoms with Crippen molar-refractivity contribution in [3.05, 3.63) is 59.7 Å². The monoisotopic (exact) mass is 343 g/mol. The summed E-state index contributed by atoms with van der Waals surface area (Å²) >= 11 is 0. The second kappa shape index (κ2) is 8.73. The lowest BCUT2D eigenvalue weighted by Crippen LogP contribution is -2.31. The number of amides is 1. The van der Waals surface area contributed by atoms with Gasteiger partial charge in [-0.05, 0) is 23.3 Å². The summed E-state index contributed by atoms with van der Waals surface area (Å²) in [7, 11) is 3.02. The van der Waals surface area contributed by atoms with Gasteiger partial charge in [0.05, 0.1) is 33.1 Å². The molecule has 0 aromatic heterocycles. The number of hydrogen-bond donors (Lipinski definition) is 2. The first-order valence-corrected chi connectivity index (χ1v) is 7.80. The third-order valence-electron chi connectivity index (χ3n) is 3.73. The van der Waals surface area contributed by atoms with Gasteiger partial charge in [0.15, 0.2) is 11.5 Å². The number of carboxylic acids is 1. The number of nitrogens with one attached hydrogen (secondary N) is 1. The molecule has 0 radical (unpaired) electrons. The fraction of sp³-hybridized carbons (Fsp3) is 0.263. The highest BCUT2D eigenvalue weighted by Gasteiger charge is 2.20. The van der Waals surface area contributed by atoms with Gasteiger partial charge in [0.1, 0.15) is 0 Å². The van der Waals surface area contributed by atoms with Crippen molar-refractivity contribution in [2.45, 2.75) is 18.9 Å². The second-order valence-corrected chi connectivity index (χ2v) is 5.49. The van der Waals surface area contributed by atoms with Crippen molar-refractivity contribution in [1.82, 2.24) is 5.32 Å². The average Bonchev–Trinajstić information content (AvgIpc) is 2.61. The van der Waals surface area contributed by atoms with Gasteiger partial charge in [-0.3, -0.25) is 9.59 Å². The van der Waals surface area contributed by atoms with Gasteiger partial charge >= 0.3 is 5.97 Å². The minimum atomic E-state index is -1.00. The van der Waals surface area contributed by atoms with Crippen molar-refractivity contribution < 1.29 is 24.2 Å². The van der Waals surface area contributed by atoms with Crippen LogP contribution in [0, 0.1) is 0 Å². The van der Waals surface area contributed by atoms with Crippen LogP contribution in [-0.4, -0.2) is 31.2 Å². The normalized spacial score (nSPS) is 11.4. The summed E-state index contributed by atoms with van der Waals surface area (Å²) in [6.45, 7) is 0. The van der Waals surface area contributed by atoms with Crippen LogP contribution in [0.4, 0.5) is 0 Å². The molecule has 0 saturated heterocycles. The summed E-state index contributed by atoms with van der Waals surface area (Å²) in [5.74, 6) is -0.226. The van der Waals surface area contributed by atoms with Gasteiger partial charge in [-0.2, -0.15) is 0 Å². The molecule has 0 unspecified atom stereocenters. The van der Waals surface area contributed by atoms with Crippen LogP contribution in [-0.2, 0) is 16.0 Å². The van der Waals surface area contributed by atoms with E-state index in [0.29, 0.717) is 17.1 Å². The number of carbonyl (C=O) groups is 2. The summed E-state index contributed by atoms with van der Waals surface area (Å²) in [6.07, 6.45) is -0.0414. The first-order chi connectivity index (χ1) is 12.0. The zero-order chi connectivity index (χ0) is 18.2. The summed E-state index contributed by atoms with van der Waals surface area (Å²) in [6, 6.07) is 13.7.